The number of aliphatic carboxylic acids is 1. The lowest BCUT2D eigenvalue weighted by Crippen LogP contribution is -2.55. The monoisotopic (exact) mass is 294 g/mol. The molecule has 19 heavy (non-hydrogen) atoms. The van der Waals surface area contributed by atoms with E-state index in [0.717, 1.165) is 20.0 Å². The summed E-state index contributed by atoms with van der Waals surface area (Å²) in [5.74, 6) is -1.06. The van der Waals surface area contributed by atoms with Crippen molar-refractivity contribution in [3.8, 4) is 0 Å². The molecule has 0 spiro atoms. The van der Waals surface area contributed by atoms with Gasteiger partial charge < -0.3 is 9.84 Å². The zero-order valence-electron chi connectivity index (χ0n) is 10.8. The minimum Gasteiger partial charge on any atom is -0.481 e. The predicted octanol–water partition coefficient (Wildman–Crippen LogP) is 0.210. The topological polar surface area (TPSA) is 122 Å². The van der Waals surface area contributed by atoms with Gasteiger partial charge >= 0.3 is 22.3 Å². The Morgan fingerprint density at radius 2 is 2.00 bits per heavy atom. The quantitative estimate of drug-likeness (QED) is 0.681. The van der Waals surface area contributed by atoms with Gasteiger partial charge in [0.25, 0.3) is 0 Å². The summed E-state index contributed by atoms with van der Waals surface area (Å²) in [5, 5.41) is 9.25. The summed E-state index contributed by atoms with van der Waals surface area (Å²) in [5.41, 5.74) is -1.18. The third kappa shape index (κ3) is 3.80. The first-order chi connectivity index (χ1) is 8.71. The van der Waals surface area contributed by atoms with Crippen LogP contribution in [0.25, 0.3) is 0 Å². The average molecular weight is 294 g/mol. The van der Waals surface area contributed by atoms with Crippen LogP contribution < -0.4 is 9.44 Å². The van der Waals surface area contributed by atoms with Crippen molar-refractivity contribution in [1.29, 1.82) is 0 Å². The highest BCUT2D eigenvalue weighted by atomic mass is 32.2. The van der Waals surface area contributed by atoms with Crippen molar-refractivity contribution in [2.45, 2.75) is 38.6 Å². The zero-order valence-corrected chi connectivity index (χ0v) is 11.6. The molecule has 1 aliphatic rings. The first-order valence-electron chi connectivity index (χ1n) is 5.82. The second-order valence-corrected chi connectivity index (χ2v) is 6.18. The summed E-state index contributed by atoms with van der Waals surface area (Å²) in [6, 6.07) is -0.763. The summed E-state index contributed by atoms with van der Waals surface area (Å²) in [7, 11) is -3.10. The van der Waals surface area contributed by atoms with Crippen LogP contribution in [0.15, 0.2) is 0 Å². The van der Waals surface area contributed by atoms with Gasteiger partial charge in [-0.25, -0.2) is 9.52 Å². The molecule has 0 aromatic carbocycles. The van der Waals surface area contributed by atoms with Crippen LogP contribution in [0.4, 0.5) is 4.79 Å². The van der Waals surface area contributed by atoms with Crippen LogP contribution in [0, 0.1) is 5.41 Å². The second kappa shape index (κ2) is 5.74. The highest BCUT2D eigenvalue weighted by molar-refractivity contribution is 7.88. The van der Waals surface area contributed by atoms with Crippen molar-refractivity contribution in [1.82, 2.24) is 9.44 Å². The largest absolute Gasteiger partial charge is 0.481 e. The van der Waals surface area contributed by atoms with Gasteiger partial charge in [-0.2, -0.15) is 13.1 Å². The first-order valence-corrected chi connectivity index (χ1v) is 7.31. The average Bonchev–Trinajstić information content (AvgIpc) is 2.31. The Kier molecular flexibility index (Phi) is 4.75. The molecule has 0 aromatic heterocycles. The van der Waals surface area contributed by atoms with Crippen molar-refractivity contribution in [2.24, 2.45) is 5.41 Å². The standard InChI is InChI=1S/C10H18N2O6S/c1-10(8(13)14)6-4-3-5-7(10)11-19(16,17)12-9(15)18-2/h7,11H,3-6H2,1-2H3,(H,12,15)(H,13,14). The highest BCUT2D eigenvalue weighted by Gasteiger charge is 2.44. The third-order valence-electron chi connectivity index (χ3n) is 3.40. The molecule has 1 fully saturated rings. The number of carboxylic acids is 1. The number of carbonyl (C=O) groups is 2. The third-order valence-corrected chi connectivity index (χ3v) is 4.43. The molecule has 0 aromatic rings. The SMILES string of the molecule is COC(=O)NS(=O)(=O)NC1CCCCC1(C)C(=O)O. The number of hydrogen-bond acceptors (Lipinski definition) is 5. The van der Waals surface area contributed by atoms with Gasteiger partial charge in [0.05, 0.1) is 12.5 Å². The molecule has 8 nitrogen and oxygen atoms in total. The molecule has 3 N–H and O–H groups in total. The van der Waals surface area contributed by atoms with Crippen LogP contribution in [-0.4, -0.2) is 38.7 Å². The highest BCUT2D eigenvalue weighted by Crippen LogP contribution is 2.36. The minimum atomic E-state index is -4.13. The number of rotatable bonds is 4. The molecule has 1 aliphatic carbocycles. The van der Waals surface area contributed by atoms with Crippen molar-refractivity contribution in [2.75, 3.05) is 7.11 Å². The maximum atomic E-state index is 11.7. The molecule has 0 saturated heterocycles. The van der Waals surface area contributed by atoms with Gasteiger partial charge in [-0.05, 0) is 19.8 Å². The van der Waals surface area contributed by atoms with E-state index in [9.17, 15) is 23.1 Å². The second-order valence-electron chi connectivity index (χ2n) is 4.74. The zero-order chi connectivity index (χ0) is 14.7. The Balaban J connectivity index is 2.83. The lowest BCUT2D eigenvalue weighted by molar-refractivity contribution is -0.151. The Bertz CT molecular complexity index is 463. The van der Waals surface area contributed by atoms with Gasteiger partial charge in [-0.15, -0.1) is 0 Å². The maximum absolute atomic E-state index is 11.7. The van der Waals surface area contributed by atoms with E-state index in [4.69, 9.17) is 0 Å². The van der Waals surface area contributed by atoms with E-state index in [0.29, 0.717) is 12.8 Å². The van der Waals surface area contributed by atoms with Gasteiger partial charge in [-0.3, -0.25) is 4.79 Å². The Morgan fingerprint density at radius 3 is 2.53 bits per heavy atom. The van der Waals surface area contributed by atoms with Gasteiger partial charge in [0.1, 0.15) is 0 Å². The molecular formula is C10H18N2O6S. The van der Waals surface area contributed by atoms with Crippen molar-refractivity contribution < 1.29 is 27.9 Å². The van der Waals surface area contributed by atoms with E-state index in [1.807, 2.05) is 0 Å². The molecule has 0 radical (unpaired) electrons. The van der Waals surface area contributed by atoms with Crippen molar-refractivity contribution in [3.63, 3.8) is 0 Å². The van der Waals surface area contributed by atoms with Gasteiger partial charge in [0, 0.05) is 6.04 Å². The molecular weight excluding hydrogens is 276 g/mol. The molecule has 1 saturated carbocycles. The normalized spacial score (nSPS) is 27.6. The Hall–Kier alpha value is -1.35. The van der Waals surface area contributed by atoms with Gasteiger partial charge in [0.2, 0.25) is 0 Å². The fraction of sp³-hybridized carbons (Fsp3) is 0.800. The number of ether oxygens (including phenoxy) is 1. The smallest absolute Gasteiger partial charge is 0.421 e. The van der Waals surface area contributed by atoms with E-state index in [-0.39, 0.29) is 0 Å². The number of carboxylic acid groups (broad SMARTS) is 1. The number of nitrogens with one attached hydrogen (secondary N) is 2. The van der Waals surface area contributed by atoms with Crippen molar-refractivity contribution in [3.05, 3.63) is 0 Å². The fourth-order valence-corrected chi connectivity index (χ4v) is 3.26. The van der Waals surface area contributed by atoms with E-state index < -0.39 is 33.7 Å². The summed E-state index contributed by atoms with van der Waals surface area (Å²) >= 11 is 0. The van der Waals surface area contributed by atoms with Crippen LogP contribution in [0.5, 0.6) is 0 Å². The lowest BCUT2D eigenvalue weighted by Gasteiger charge is -2.37. The van der Waals surface area contributed by atoms with Gasteiger partial charge in [-0.1, -0.05) is 12.8 Å². The van der Waals surface area contributed by atoms with Crippen LogP contribution in [0.1, 0.15) is 32.6 Å². The fourth-order valence-electron chi connectivity index (χ4n) is 2.15. The molecule has 110 valence electrons. The molecule has 2 atom stereocenters. The van der Waals surface area contributed by atoms with E-state index in [1.54, 1.807) is 4.72 Å². The summed E-state index contributed by atoms with van der Waals surface area (Å²) < 4.78 is 31.4. The molecule has 1 rings (SSSR count). The molecule has 1 amide bonds. The number of methoxy groups -OCH3 is 1. The van der Waals surface area contributed by atoms with Crippen LogP contribution >= 0.6 is 0 Å². The molecule has 9 heteroatoms. The molecule has 2 unspecified atom stereocenters. The van der Waals surface area contributed by atoms with Crippen LogP contribution in [-0.2, 0) is 19.7 Å². The van der Waals surface area contributed by atoms with E-state index in [1.165, 1.54) is 6.92 Å². The molecule has 0 bridgehead atoms. The van der Waals surface area contributed by atoms with Crippen molar-refractivity contribution >= 4 is 22.3 Å². The molecule has 0 heterocycles. The van der Waals surface area contributed by atoms with Crippen LogP contribution in [0.2, 0.25) is 0 Å². The summed E-state index contributed by atoms with van der Waals surface area (Å²) in [6.45, 7) is 1.50. The maximum Gasteiger partial charge on any atom is 0.421 e. The Labute approximate surface area is 111 Å². The minimum absolute atomic E-state index is 0.383. The van der Waals surface area contributed by atoms with Gasteiger partial charge in [0.15, 0.2) is 0 Å². The van der Waals surface area contributed by atoms with Crippen LogP contribution in [0.3, 0.4) is 0 Å². The van der Waals surface area contributed by atoms with E-state index >= 15 is 0 Å². The summed E-state index contributed by atoms with van der Waals surface area (Å²) in [6.07, 6.45) is 1.12. The predicted molar refractivity (Wildman–Crippen MR) is 65.6 cm³/mol. The lowest BCUT2D eigenvalue weighted by atomic mass is 9.72. The summed E-state index contributed by atoms with van der Waals surface area (Å²) in [4.78, 5) is 22.2. The number of hydrogen-bond donors (Lipinski definition) is 3. The number of amides is 1. The Morgan fingerprint density at radius 1 is 1.37 bits per heavy atom. The number of carbonyl (C=O) groups excluding carboxylic acids is 1. The first kappa shape index (κ1) is 15.7. The molecule has 0 aliphatic heterocycles. The van der Waals surface area contributed by atoms with E-state index in [2.05, 4.69) is 9.46 Å².